The minimum absolute atomic E-state index is 0.0795. The predicted molar refractivity (Wildman–Crippen MR) is 121 cm³/mol. The summed E-state index contributed by atoms with van der Waals surface area (Å²) < 4.78 is 31.0. The molecule has 4 heterocycles. The van der Waals surface area contributed by atoms with Crippen LogP contribution in [0.5, 0.6) is 0 Å². The lowest BCUT2D eigenvalue weighted by Gasteiger charge is -2.29. The summed E-state index contributed by atoms with van der Waals surface area (Å²) in [6, 6.07) is 7.46. The smallest absolute Gasteiger partial charge is 0.264 e. The highest BCUT2D eigenvalue weighted by molar-refractivity contribution is 5.95. The first-order valence-corrected chi connectivity index (χ1v) is 10.9. The molecule has 170 valence electrons. The molecule has 0 N–H and O–H groups in total. The molecule has 1 aliphatic rings. The van der Waals surface area contributed by atoms with Gasteiger partial charge in [-0.3, -0.25) is 9.48 Å². The summed E-state index contributed by atoms with van der Waals surface area (Å²) in [5.74, 6) is -0.142. The third-order valence-corrected chi connectivity index (χ3v) is 6.08. The van der Waals surface area contributed by atoms with E-state index in [4.69, 9.17) is 0 Å². The van der Waals surface area contributed by atoms with Gasteiger partial charge in [0.25, 0.3) is 6.43 Å². The Morgan fingerprint density at radius 1 is 1.21 bits per heavy atom. The van der Waals surface area contributed by atoms with Crippen molar-refractivity contribution in [3.8, 4) is 11.3 Å². The number of nitrogens with zero attached hydrogens (tertiary/aromatic N) is 6. The van der Waals surface area contributed by atoms with Crippen molar-refractivity contribution in [2.24, 2.45) is 7.05 Å². The molecule has 0 saturated heterocycles. The van der Waals surface area contributed by atoms with Crippen LogP contribution in [0.15, 0.2) is 36.7 Å². The van der Waals surface area contributed by atoms with E-state index < -0.39 is 6.43 Å². The molecule has 0 unspecified atom stereocenters. The number of hydrogen-bond acceptors (Lipinski definition) is 4. The third kappa shape index (κ3) is 3.77. The number of pyridine rings is 1. The first kappa shape index (κ1) is 21.2. The molecule has 0 spiro atoms. The average Bonchev–Trinajstić information content (AvgIpc) is 3.35. The highest BCUT2D eigenvalue weighted by atomic mass is 19.3. The number of carbonyl (C=O) groups is 1. The van der Waals surface area contributed by atoms with Gasteiger partial charge in [0.2, 0.25) is 5.91 Å². The number of anilines is 1. The zero-order chi connectivity index (χ0) is 23.3. The number of amides is 1. The molecule has 0 atom stereocenters. The molecule has 3 aromatic heterocycles. The third-order valence-electron chi connectivity index (χ3n) is 6.08. The van der Waals surface area contributed by atoms with E-state index in [1.54, 1.807) is 35.9 Å². The van der Waals surface area contributed by atoms with E-state index in [-0.39, 0.29) is 23.7 Å². The van der Waals surface area contributed by atoms with Gasteiger partial charge in [0.05, 0.1) is 23.0 Å². The van der Waals surface area contributed by atoms with Gasteiger partial charge in [-0.2, -0.15) is 10.2 Å². The van der Waals surface area contributed by atoms with Crippen LogP contribution in [0.25, 0.3) is 22.3 Å². The molecule has 0 aliphatic carbocycles. The average molecular weight is 450 g/mol. The summed E-state index contributed by atoms with van der Waals surface area (Å²) >= 11 is 0. The maximum atomic E-state index is 14.0. The summed E-state index contributed by atoms with van der Waals surface area (Å²) in [5.41, 5.74) is 4.76. The van der Waals surface area contributed by atoms with E-state index >= 15 is 0 Å². The zero-order valence-corrected chi connectivity index (χ0v) is 18.7. The maximum Gasteiger partial charge on any atom is 0.264 e. The second-order valence-electron chi connectivity index (χ2n) is 8.52. The lowest BCUT2D eigenvalue weighted by molar-refractivity contribution is -0.119. The van der Waals surface area contributed by atoms with Crippen molar-refractivity contribution in [2.75, 3.05) is 11.4 Å². The van der Waals surface area contributed by atoms with Crippen molar-refractivity contribution in [3.05, 3.63) is 59.0 Å². The Balaban J connectivity index is 1.56. The molecule has 5 rings (SSSR count). The molecule has 0 radical (unpaired) electrons. The Hall–Kier alpha value is -3.62. The lowest BCUT2D eigenvalue weighted by Crippen LogP contribution is -2.38. The van der Waals surface area contributed by atoms with Crippen LogP contribution in [0.4, 0.5) is 14.5 Å². The summed E-state index contributed by atoms with van der Waals surface area (Å²) in [4.78, 5) is 19.7. The first-order chi connectivity index (χ1) is 15.8. The van der Waals surface area contributed by atoms with E-state index in [9.17, 15) is 13.6 Å². The number of aryl methyl sites for hydroxylation is 4. The van der Waals surface area contributed by atoms with E-state index in [2.05, 4.69) is 21.2 Å². The Kier molecular flexibility index (Phi) is 5.19. The van der Waals surface area contributed by atoms with Crippen molar-refractivity contribution < 1.29 is 13.6 Å². The van der Waals surface area contributed by atoms with Crippen molar-refractivity contribution in [1.82, 2.24) is 24.5 Å². The van der Waals surface area contributed by atoms with E-state index in [1.807, 2.05) is 19.1 Å². The first-order valence-electron chi connectivity index (χ1n) is 10.9. The van der Waals surface area contributed by atoms with Crippen molar-refractivity contribution in [3.63, 3.8) is 0 Å². The minimum atomic E-state index is -2.70. The molecule has 1 aliphatic heterocycles. The lowest BCUT2D eigenvalue weighted by atomic mass is 9.99. The summed E-state index contributed by atoms with van der Waals surface area (Å²) in [6.45, 7) is 4.24. The van der Waals surface area contributed by atoms with Gasteiger partial charge >= 0.3 is 0 Å². The summed E-state index contributed by atoms with van der Waals surface area (Å²) in [6.07, 6.45) is 2.40. The minimum Gasteiger partial charge on any atom is -0.311 e. The van der Waals surface area contributed by atoms with Crippen LogP contribution in [0.2, 0.25) is 0 Å². The molecule has 0 saturated carbocycles. The van der Waals surface area contributed by atoms with Gasteiger partial charge in [-0.1, -0.05) is 17.7 Å². The van der Waals surface area contributed by atoms with Crippen LogP contribution < -0.4 is 4.90 Å². The number of alkyl halides is 2. The fourth-order valence-corrected chi connectivity index (χ4v) is 4.57. The van der Waals surface area contributed by atoms with Gasteiger partial charge in [-0.05, 0) is 44.4 Å². The number of carbonyl (C=O) groups excluding carboxylic acids is 1. The van der Waals surface area contributed by atoms with Crippen molar-refractivity contribution >= 4 is 22.6 Å². The molecule has 0 bridgehead atoms. The Morgan fingerprint density at radius 3 is 2.76 bits per heavy atom. The molecular weight excluding hydrogens is 426 g/mol. The van der Waals surface area contributed by atoms with Gasteiger partial charge in [-0.25, -0.2) is 18.4 Å². The maximum absolute atomic E-state index is 14.0. The number of benzene rings is 1. The molecule has 33 heavy (non-hydrogen) atoms. The number of hydrogen-bond donors (Lipinski definition) is 0. The second-order valence-corrected chi connectivity index (χ2v) is 8.52. The Bertz CT molecular complexity index is 1370. The number of fused-ring (bicyclic) bond motifs is 2. The fourth-order valence-electron chi connectivity index (χ4n) is 4.57. The van der Waals surface area contributed by atoms with Crippen LogP contribution in [0, 0.1) is 13.8 Å². The van der Waals surface area contributed by atoms with Gasteiger partial charge in [0.1, 0.15) is 6.54 Å². The van der Waals surface area contributed by atoms with Crippen LogP contribution in [-0.4, -0.2) is 37.0 Å². The van der Waals surface area contributed by atoms with Crippen molar-refractivity contribution in [2.45, 2.75) is 39.7 Å². The van der Waals surface area contributed by atoms with Crippen LogP contribution >= 0.6 is 0 Å². The molecule has 0 fully saturated rings. The highest BCUT2D eigenvalue weighted by Gasteiger charge is 2.26. The van der Waals surface area contributed by atoms with E-state index in [1.165, 1.54) is 10.7 Å². The van der Waals surface area contributed by atoms with Gasteiger partial charge in [0.15, 0.2) is 5.65 Å². The monoisotopic (exact) mass is 450 g/mol. The molecule has 1 amide bonds. The SMILES string of the molecule is Cc1ccc2c(c1)CCCN2C(=O)Cn1nc(C)c2c(C(F)F)cc(-c3cnn(C)c3)nc21. The van der Waals surface area contributed by atoms with Crippen LogP contribution in [0.3, 0.4) is 0 Å². The Morgan fingerprint density at radius 2 is 2.03 bits per heavy atom. The molecular formula is C24H24F2N6O. The predicted octanol–water partition coefficient (Wildman–Crippen LogP) is 4.37. The number of rotatable bonds is 4. The van der Waals surface area contributed by atoms with E-state index in [0.717, 1.165) is 29.7 Å². The quantitative estimate of drug-likeness (QED) is 0.463. The second kappa shape index (κ2) is 8.06. The van der Waals surface area contributed by atoms with Crippen LogP contribution in [-0.2, 0) is 24.8 Å². The summed E-state index contributed by atoms with van der Waals surface area (Å²) in [5, 5.41) is 8.84. The zero-order valence-electron chi connectivity index (χ0n) is 18.7. The van der Waals surface area contributed by atoms with Crippen molar-refractivity contribution in [1.29, 1.82) is 0 Å². The number of aromatic nitrogens is 5. The normalized spacial score (nSPS) is 13.7. The summed E-state index contributed by atoms with van der Waals surface area (Å²) in [7, 11) is 1.75. The largest absolute Gasteiger partial charge is 0.311 e. The van der Waals surface area contributed by atoms with Crippen LogP contribution in [0.1, 0.15) is 35.2 Å². The molecule has 4 aromatic rings. The van der Waals surface area contributed by atoms with Gasteiger partial charge < -0.3 is 4.90 Å². The van der Waals surface area contributed by atoms with Gasteiger partial charge in [0, 0.05) is 36.6 Å². The van der Waals surface area contributed by atoms with E-state index in [0.29, 0.717) is 28.9 Å². The standard InChI is InChI=1S/C24H24F2N6O/c1-14-6-7-20-16(9-14)5-4-8-31(20)21(33)13-32-24-22(15(2)29-32)18(23(25)26)10-19(28-24)17-11-27-30(3)12-17/h6-7,9-12,23H,4-5,8,13H2,1-3H3. The highest BCUT2D eigenvalue weighted by Crippen LogP contribution is 2.33. The fraction of sp³-hybridized carbons (Fsp3) is 0.333. The molecule has 7 nitrogen and oxygen atoms in total. The molecule has 1 aromatic carbocycles. The Labute approximate surface area is 189 Å². The topological polar surface area (TPSA) is 68.8 Å². The van der Waals surface area contributed by atoms with Gasteiger partial charge in [-0.15, -0.1) is 0 Å². The number of halogens is 2. The molecule has 9 heteroatoms.